The number of alkyl halides is 1. The molecule has 0 spiro atoms. The van der Waals surface area contributed by atoms with Crippen molar-refractivity contribution in [3.05, 3.63) is 41.6 Å². The van der Waals surface area contributed by atoms with Crippen molar-refractivity contribution >= 4 is 0 Å². The van der Waals surface area contributed by atoms with Crippen molar-refractivity contribution in [1.29, 1.82) is 0 Å². The van der Waals surface area contributed by atoms with Crippen molar-refractivity contribution in [2.24, 2.45) is 0 Å². The zero-order valence-electron chi connectivity index (χ0n) is 12.9. The van der Waals surface area contributed by atoms with E-state index in [0.29, 0.717) is 6.54 Å². The quantitative estimate of drug-likeness (QED) is 0.805. The SMILES string of the molecule is Cc1c(-c2ccn(CC(C)F)n2)cccc1C(C)(C)C. The molecule has 0 bridgehead atoms. The summed E-state index contributed by atoms with van der Waals surface area (Å²) in [5.74, 6) is 0. The Morgan fingerprint density at radius 3 is 2.55 bits per heavy atom. The molecule has 1 aromatic carbocycles. The summed E-state index contributed by atoms with van der Waals surface area (Å²) in [5, 5.41) is 4.48. The number of hydrogen-bond donors (Lipinski definition) is 0. The van der Waals surface area contributed by atoms with Gasteiger partial charge in [0.2, 0.25) is 0 Å². The predicted molar refractivity (Wildman–Crippen MR) is 81.7 cm³/mol. The van der Waals surface area contributed by atoms with Gasteiger partial charge in [0.15, 0.2) is 0 Å². The highest BCUT2D eigenvalue weighted by Gasteiger charge is 2.18. The summed E-state index contributed by atoms with van der Waals surface area (Å²) in [6, 6.07) is 8.27. The fourth-order valence-electron chi connectivity index (χ4n) is 2.59. The second-order valence-corrected chi connectivity index (χ2v) is 6.43. The van der Waals surface area contributed by atoms with Crippen LogP contribution in [0.5, 0.6) is 0 Å². The van der Waals surface area contributed by atoms with E-state index in [1.165, 1.54) is 11.1 Å². The summed E-state index contributed by atoms with van der Waals surface area (Å²) < 4.78 is 14.7. The van der Waals surface area contributed by atoms with Crippen LogP contribution in [-0.4, -0.2) is 16.0 Å². The minimum absolute atomic E-state index is 0.107. The van der Waals surface area contributed by atoms with Crippen LogP contribution in [0, 0.1) is 6.92 Å². The van der Waals surface area contributed by atoms with Crippen LogP contribution in [0.2, 0.25) is 0 Å². The second-order valence-electron chi connectivity index (χ2n) is 6.43. The first-order chi connectivity index (χ1) is 9.29. The van der Waals surface area contributed by atoms with Crippen molar-refractivity contribution in [2.75, 3.05) is 0 Å². The van der Waals surface area contributed by atoms with Gasteiger partial charge in [-0.25, -0.2) is 4.39 Å². The summed E-state index contributed by atoms with van der Waals surface area (Å²) in [4.78, 5) is 0. The Morgan fingerprint density at radius 2 is 1.95 bits per heavy atom. The first-order valence-corrected chi connectivity index (χ1v) is 7.07. The van der Waals surface area contributed by atoms with Crippen molar-refractivity contribution in [1.82, 2.24) is 9.78 Å². The van der Waals surface area contributed by atoms with E-state index in [0.717, 1.165) is 11.3 Å². The highest BCUT2D eigenvalue weighted by molar-refractivity contribution is 5.65. The minimum atomic E-state index is -0.884. The van der Waals surface area contributed by atoms with Gasteiger partial charge < -0.3 is 0 Å². The molecule has 0 N–H and O–H groups in total. The lowest BCUT2D eigenvalue weighted by Gasteiger charge is -2.23. The molecule has 0 aliphatic rings. The summed E-state index contributed by atoms with van der Waals surface area (Å²) >= 11 is 0. The molecule has 3 heteroatoms. The molecule has 0 amide bonds. The predicted octanol–water partition coefficient (Wildman–Crippen LogP) is 4.51. The number of benzene rings is 1. The van der Waals surface area contributed by atoms with E-state index in [2.05, 4.69) is 51.0 Å². The number of halogens is 1. The lowest BCUT2D eigenvalue weighted by molar-refractivity contribution is 0.309. The molecule has 1 atom stereocenters. The molecular formula is C17H23FN2. The van der Waals surface area contributed by atoms with Gasteiger partial charge in [-0.15, -0.1) is 0 Å². The van der Waals surface area contributed by atoms with Crippen LogP contribution in [0.15, 0.2) is 30.5 Å². The van der Waals surface area contributed by atoms with E-state index in [1.807, 2.05) is 12.3 Å². The summed E-state index contributed by atoms with van der Waals surface area (Å²) in [5.41, 5.74) is 4.72. The minimum Gasteiger partial charge on any atom is -0.269 e. The zero-order chi connectivity index (χ0) is 14.9. The van der Waals surface area contributed by atoms with Gasteiger partial charge in [0.05, 0.1) is 12.2 Å². The fourth-order valence-corrected chi connectivity index (χ4v) is 2.59. The molecular weight excluding hydrogens is 251 g/mol. The highest BCUT2D eigenvalue weighted by atomic mass is 19.1. The van der Waals surface area contributed by atoms with Gasteiger partial charge in [-0.05, 0) is 36.5 Å². The van der Waals surface area contributed by atoms with Gasteiger partial charge in [0.1, 0.15) is 6.17 Å². The number of aromatic nitrogens is 2. The molecule has 2 aromatic rings. The van der Waals surface area contributed by atoms with Crippen LogP contribution >= 0.6 is 0 Å². The fraction of sp³-hybridized carbons (Fsp3) is 0.471. The molecule has 20 heavy (non-hydrogen) atoms. The van der Waals surface area contributed by atoms with E-state index in [1.54, 1.807) is 11.6 Å². The molecule has 0 saturated heterocycles. The van der Waals surface area contributed by atoms with Crippen LogP contribution in [0.3, 0.4) is 0 Å². The Balaban J connectivity index is 2.41. The van der Waals surface area contributed by atoms with Crippen LogP contribution in [0.4, 0.5) is 4.39 Å². The van der Waals surface area contributed by atoms with Gasteiger partial charge in [-0.2, -0.15) is 5.10 Å². The van der Waals surface area contributed by atoms with Crippen LogP contribution in [-0.2, 0) is 12.0 Å². The summed E-state index contributed by atoms with van der Waals surface area (Å²) in [7, 11) is 0. The van der Waals surface area contributed by atoms with E-state index in [4.69, 9.17) is 0 Å². The zero-order valence-corrected chi connectivity index (χ0v) is 12.9. The maximum Gasteiger partial charge on any atom is 0.117 e. The van der Waals surface area contributed by atoms with Gasteiger partial charge in [-0.3, -0.25) is 4.68 Å². The first kappa shape index (κ1) is 14.8. The van der Waals surface area contributed by atoms with Crippen molar-refractivity contribution in [3.63, 3.8) is 0 Å². The Kier molecular flexibility index (Phi) is 3.98. The molecule has 1 unspecified atom stereocenters. The molecule has 108 valence electrons. The van der Waals surface area contributed by atoms with Crippen LogP contribution in [0.1, 0.15) is 38.8 Å². The number of rotatable bonds is 3. The molecule has 2 rings (SSSR count). The molecule has 0 aliphatic carbocycles. The largest absolute Gasteiger partial charge is 0.269 e. The first-order valence-electron chi connectivity index (χ1n) is 7.07. The number of hydrogen-bond acceptors (Lipinski definition) is 1. The van der Waals surface area contributed by atoms with Crippen molar-refractivity contribution in [2.45, 2.75) is 52.8 Å². The third-order valence-electron chi connectivity index (χ3n) is 3.50. The third-order valence-corrected chi connectivity index (χ3v) is 3.50. The molecule has 0 saturated carbocycles. The maximum atomic E-state index is 13.0. The van der Waals surface area contributed by atoms with Gasteiger partial charge in [-0.1, -0.05) is 39.0 Å². The van der Waals surface area contributed by atoms with E-state index in [9.17, 15) is 4.39 Å². The normalized spacial score (nSPS) is 13.5. The highest BCUT2D eigenvalue weighted by Crippen LogP contribution is 2.31. The van der Waals surface area contributed by atoms with E-state index >= 15 is 0 Å². The molecule has 1 heterocycles. The molecule has 0 fully saturated rings. The van der Waals surface area contributed by atoms with Gasteiger partial charge >= 0.3 is 0 Å². The average Bonchev–Trinajstić information content (AvgIpc) is 2.75. The molecule has 0 radical (unpaired) electrons. The smallest absolute Gasteiger partial charge is 0.117 e. The van der Waals surface area contributed by atoms with Crippen molar-refractivity contribution in [3.8, 4) is 11.3 Å². The van der Waals surface area contributed by atoms with E-state index in [-0.39, 0.29) is 5.41 Å². The Morgan fingerprint density at radius 1 is 1.25 bits per heavy atom. The average molecular weight is 274 g/mol. The maximum absolute atomic E-state index is 13.0. The lowest BCUT2D eigenvalue weighted by atomic mass is 9.82. The topological polar surface area (TPSA) is 17.8 Å². The Labute approximate surface area is 120 Å². The van der Waals surface area contributed by atoms with Crippen LogP contribution in [0.25, 0.3) is 11.3 Å². The summed E-state index contributed by atoms with van der Waals surface area (Å²) in [6.45, 7) is 10.6. The van der Waals surface area contributed by atoms with Crippen molar-refractivity contribution < 1.29 is 4.39 Å². The monoisotopic (exact) mass is 274 g/mol. The second kappa shape index (κ2) is 5.39. The Hall–Kier alpha value is -1.64. The molecule has 0 aliphatic heterocycles. The Bertz CT molecular complexity index is 591. The molecule has 1 aromatic heterocycles. The lowest BCUT2D eigenvalue weighted by Crippen LogP contribution is -2.13. The van der Waals surface area contributed by atoms with Crippen LogP contribution < -0.4 is 0 Å². The van der Waals surface area contributed by atoms with Gasteiger partial charge in [0, 0.05) is 11.8 Å². The third kappa shape index (κ3) is 3.09. The molecule has 2 nitrogen and oxygen atoms in total. The summed E-state index contributed by atoms with van der Waals surface area (Å²) in [6.07, 6.45) is 0.957. The van der Waals surface area contributed by atoms with Gasteiger partial charge in [0.25, 0.3) is 0 Å². The standard InChI is InChI=1S/C17H23FN2/c1-12(18)11-20-10-9-16(19-20)14-7-6-8-15(13(14)2)17(3,4)5/h6-10,12H,11H2,1-5H3. The van der Waals surface area contributed by atoms with E-state index < -0.39 is 6.17 Å². The number of nitrogens with zero attached hydrogens (tertiary/aromatic N) is 2.